The number of carbonyl (C=O) groups is 1. The molecule has 184 valence electrons. The molecule has 1 aliphatic rings. The average molecular weight is 495 g/mol. The summed E-state index contributed by atoms with van der Waals surface area (Å²) in [6, 6.07) is 25.2. The minimum atomic E-state index is -3.90. The first kappa shape index (κ1) is 24.9. The number of sulfone groups is 1. The zero-order valence-electron chi connectivity index (χ0n) is 19.7. The van der Waals surface area contributed by atoms with Gasteiger partial charge in [0, 0.05) is 19.6 Å². The zero-order chi connectivity index (χ0) is 24.9. The lowest BCUT2D eigenvalue weighted by molar-refractivity contribution is -0.133. The predicted molar refractivity (Wildman–Crippen MR) is 135 cm³/mol. The zero-order valence-corrected chi connectivity index (χ0v) is 20.5. The minimum Gasteiger partial charge on any atom is -0.497 e. The van der Waals surface area contributed by atoms with Gasteiger partial charge in [-0.05, 0) is 47.2 Å². The van der Waals surface area contributed by atoms with Crippen molar-refractivity contribution < 1.29 is 23.2 Å². The molecule has 0 spiro atoms. The Morgan fingerprint density at radius 3 is 2.06 bits per heavy atom. The van der Waals surface area contributed by atoms with Crippen LogP contribution in [0.25, 0.3) is 11.1 Å². The number of methoxy groups -OCH3 is 1. The van der Waals surface area contributed by atoms with Crippen LogP contribution in [0.3, 0.4) is 0 Å². The minimum absolute atomic E-state index is 0.111. The van der Waals surface area contributed by atoms with E-state index >= 15 is 0 Å². The van der Waals surface area contributed by atoms with E-state index in [9.17, 15) is 18.4 Å². The van der Waals surface area contributed by atoms with E-state index in [0.717, 1.165) is 16.7 Å². The molecule has 7 nitrogen and oxygen atoms in total. The van der Waals surface area contributed by atoms with Gasteiger partial charge in [-0.15, -0.1) is 0 Å². The third-order valence-corrected chi connectivity index (χ3v) is 9.26. The molecule has 0 atom stereocenters. The summed E-state index contributed by atoms with van der Waals surface area (Å²) in [5.41, 5.74) is 5.58. The SMILES string of the molecule is COc1ccc(CS(=O)(=O)C2(C(=O)NO)CCN(Cc3ccc(-c4ccccc4)cc3)CC2)cc1. The Balaban J connectivity index is 1.45. The van der Waals surface area contributed by atoms with Crippen LogP contribution in [-0.4, -0.2) is 49.4 Å². The number of hydrogen-bond acceptors (Lipinski definition) is 6. The molecule has 1 aliphatic heterocycles. The number of carbonyl (C=O) groups excluding carboxylic acids is 1. The van der Waals surface area contributed by atoms with Crippen molar-refractivity contribution in [3.05, 3.63) is 90.0 Å². The van der Waals surface area contributed by atoms with Crippen molar-refractivity contribution in [2.24, 2.45) is 0 Å². The summed E-state index contributed by atoms with van der Waals surface area (Å²) in [6.45, 7) is 1.51. The standard InChI is InChI=1S/C27H30N2O5S/c1-34-25-13-9-22(10-14-25)20-35(32,33)27(26(30)28-31)15-17-29(18-16-27)19-21-7-11-24(12-8-21)23-5-3-2-4-6-23/h2-14,31H,15-20H2,1H3,(H,28,30). The van der Waals surface area contributed by atoms with Gasteiger partial charge in [-0.2, -0.15) is 0 Å². The van der Waals surface area contributed by atoms with Gasteiger partial charge in [0.05, 0.1) is 12.9 Å². The van der Waals surface area contributed by atoms with E-state index in [-0.39, 0.29) is 18.6 Å². The molecular formula is C27H30N2O5S. The fourth-order valence-electron chi connectivity index (χ4n) is 4.62. The average Bonchev–Trinajstić information content (AvgIpc) is 2.90. The van der Waals surface area contributed by atoms with Crippen molar-refractivity contribution in [2.75, 3.05) is 20.2 Å². The molecule has 4 rings (SSSR count). The molecule has 8 heteroatoms. The fraction of sp³-hybridized carbons (Fsp3) is 0.296. The summed E-state index contributed by atoms with van der Waals surface area (Å²) in [4.78, 5) is 14.8. The highest BCUT2D eigenvalue weighted by Crippen LogP contribution is 2.34. The highest BCUT2D eigenvalue weighted by Gasteiger charge is 2.52. The molecule has 1 fully saturated rings. The summed E-state index contributed by atoms with van der Waals surface area (Å²) >= 11 is 0. The fourth-order valence-corrected chi connectivity index (χ4v) is 6.66. The Labute approximate surface area is 206 Å². The number of amides is 1. The maximum atomic E-state index is 13.4. The second kappa shape index (κ2) is 10.6. The third kappa shape index (κ3) is 5.40. The van der Waals surface area contributed by atoms with Crippen LogP contribution in [0.15, 0.2) is 78.9 Å². The Morgan fingerprint density at radius 2 is 1.49 bits per heavy atom. The van der Waals surface area contributed by atoms with E-state index in [1.807, 2.05) is 18.2 Å². The van der Waals surface area contributed by atoms with Crippen LogP contribution in [0.1, 0.15) is 24.0 Å². The summed E-state index contributed by atoms with van der Waals surface area (Å²) in [5.74, 6) is -0.525. The summed E-state index contributed by atoms with van der Waals surface area (Å²) in [7, 11) is -2.36. The van der Waals surface area contributed by atoms with Crippen molar-refractivity contribution >= 4 is 15.7 Å². The van der Waals surface area contributed by atoms with Crippen LogP contribution < -0.4 is 10.2 Å². The lowest BCUT2D eigenvalue weighted by atomic mass is 9.94. The van der Waals surface area contributed by atoms with E-state index in [4.69, 9.17) is 4.74 Å². The van der Waals surface area contributed by atoms with Crippen LogP contribution in [0.2, 0.25) is 0 Å². The van der Waals surface area contributed by atoms with Gasteiger partial charge in [0.2, 0.25) is 0 Å². The van der Waals surface area contributed by atoms with Crippen molar-refractivity contribution in [3.8, 4) is 16.9 Å². The molecule has 35 heavy (non-hydrogen) atoms. The highest BCUT2D eigenvalue weighted by molar-refractivity contribution is 7.92. The third-order valence-electron chi connectivity index (χ3n) is 6.76. The van der Waals surface area contributed by atoms with Gasteiger partial charge in [0.15, 0.2) is 14.6 Å². The Bertz CT molecular complexity index is 1230. The summed E-state index contributed by atoms with van der Waals surface area (Å²) in [5, 5.41) is 9.38. The van der Waals surface area contributed by atoms with E-state index in [2.05, 4.69) is 41.3 Å². The first-order chi connectivity index (χ1) is 16.9. The number of hydrogen-bond donors (Lipinski definition) is 2. The number of likely N-dealkylation sites (tertiary alicyclic amines) is 1. The summed E-state index contributed by atoms with van der Waals surface area (Å²) in [6.07, 6.45) is 0.222. The van der Waals surface area contributed by atoms with Crippen molar-refractivity contribution in [3.63, 3.8) is 0 Å². The molecule has 1 amide bonds. The van der Waals surface area contributed by atoms with Crippen molar-refractivity contribution in [2.45, 2.75) is 29.9 Å². The van der Waals surface area contributed by atoms with Crippen LogP contribution >= 0.6 is 0 Å². The maximum absolute atomic E-state index is 13.4. The van der Waals surface area contributed by atoms with Crippen LogP contribution in [0.4, 0.5) is 0 Å². The predicted octanol–water partition coefficient (Wildman–Crippen LogP) is 3.82. The van der Waals surface area contributed by atoms with Gasteiger partial charge >= 0.3 is 0 Å². The van der Waals surface area contributed by atoms with Crippen molar-refractivity contribution in [1.82, 2.24) is 10.4 Å². The molecule has 0 unspecified atom stereocenters. The van der Waals surface area contributed by atoms with Crippen LogP contribution in [-0.2, 0) is 26.9 Å². The number of rotatable bonds is 8. The molecule has 0 bridgehead atoms. The molecule has 0 aliphatic carbocycles. The molecule has 0 radical (unpaired) electrons. The molecule has 1 heterocycles. The molecule has 0 aromatic heterocycles. The van der Waals surface area contributed by atoms with Crippen LogP contribution in [0.5, 0.6) is 5.75 Å². The normalized spacial score (nSPS) is 15.9. The van der Waals surface area contributed by atoms with E-state index in [1.54, 1.807) is 29.7 Å². The second-order valence-corrected chi connectivity index (χ2v) is 11.2. The molecule has 1 saturated heterocycles. The second-order valence-electron chi connectivity index (χ2n) is 8.88. The largest absolute Gasteiger partial charge is 0.497 e. The first-order valence-corrected chi connectivity index (χ1v) is 13.2. The van der Waals surface area contributed by atoms with Gasteiger partial charge in [0.1, 0.15) is 5.75 Å². The number of nitrogens with zero attached hydrogens (tertiary/aromatic N) is 1. The topological polar surface area (TPSA) is 95.9 Å². The van der Waals surface area contributed by atoms with E-state index < -0.39 is 20.5 Å². The molecule has 2 N–H and O–H groups in total. The number of nitrogens with one attached hydrogen (secondary N) is 1. The van der Waals surface area contributed by atoms with Gasteiger partial charge in [0.25, 0.3) is 5.91 Å². The Morgan fingerprint density at radius 1 is 0.914 bits per heavy atom. The Hall–Kier alpha value is -3.20. The van der Waals surface area contributed by atoms with Gasteiger partial charge in [-0.3, -0.25) is 14.9 Å². The lowest BCUT2D eigenvalue weighted by Gasteiger charge is -2.39. The number of benzene rings is 3. The quantitative estimate of drug-likeness (QED) is 0.365. The van der Waals surface area contributed by atoms with Crippen molar-refractivity contribution in [1.29, 1.82) is 0 Å². The molecule has 3 aromatic carbocycles. The van der Waals surface area contributed by atoms with Crippen LogP contribution in [0, 0.1) is 0 Å². The van der Waals surface area contributed by atoms with E-state index in [1.165, 1.54) is 7.11 Å². The summed E-state index contributed by atoms with van der Waals surface area (Å²) < 4.78 is 30.4. The molecule has 0 saturated carbocycles. The number of ether oxygens (including phenoxy) is 1. The smallest absolute Gasteiger partial charge is 0.264 e. The van der Waals surface area contributed by atoms with E-state index in [0.29, 0.717) is 30.9 Å². The van der Waals surface area contributed by atoms with Gasteiger partial charge < -0.3 is 4.74 Å². The monoisotopic (exact) mass is 494 g/mol. The molecule has 3 aromatic rings. The lowest BCUT2D eigenvalue weighted by Crippen LogP contribution is -2.57. The first-order valence-electron chi connectivity index (χ1n) is 11.5. The highest BCUT2D eigenvalue weighted by atomic mass is 32.2. The van der Waals surface area contributed by atoms with Gasteiger partial charge in [-0.1, -0.05) is 66.7 Å². The Kier molecular flexibility index (Phi) is 7.54. The molecular weight excluding hydrogens is 464 g/mol. The number of piperidine rings is 1. The number of hydroxylamine groups is 1. The van der Waals surface area contributed by atoms with Gasteiger partial charge in [-0.25, -0.2) is 13.9 Å². The maximum Gasteiger partial charge on any atom is 0.264 e.